The van der Waals surface area contributed by atoms with Crippen molar-refractivity contribution < 1.29 is 14.4 Å². The lowest BCUT2D eigenvalue weighted by Crippen LogP contribution is -2.55. The van der Waals surface area contributed by atoms with Crippen LogP contribution >= 0.6 is 0 Å². The number of aryl methyl sites for hydroxylation is 1. The number of amides is 3. The standard InChI is InChI=1S/C25H37N3O3/c1-18(2)17-22(29)27-15-11-20(12-16-27)23(25(31)28-13-7-4-8-14-28)26-24(30)21-10-6-5-9-19(21)3/h5-6,9-10,18,20,23H,4,7-8,11-17H2,1-3H3,(H,26,30)/t23-/m0/s1. The molecule has 2 fully saturated rings. The van der Waals surface area contributed by atoms with Gasteiger partial charge in [0, 0.05) is 38.2 Å². The third-order valence-electron chi connectivity index (χ3n) is 6.56. The van der Waals surface area contributed by atoms with Gasteiger partial charge in [-0.25, -0.2) is 0 Å². The van der Waals surface area contributed by atoms with E-state index in [1.165, 1.54) is 0 Å². The average molecular weight is 428 g/mol. The highest BCUT2D eigenvalue weighted by Gasteiger charge is 2.36. The Morgan fingerprint density at radius 1 is 0.968 bits per heavy atom. The third kappa shape index (κ3) is 6.08. The molecule has 6 heteroatoms. The van der Waals surface area contributed by atoms with Crippen LogP contribution in [0.25, 0.3) is 0 Å². The van der Waals surface area contributed by atoms with Crippen LogP contribution < -0.4 is 5.32 Å². The first-order valence-corrected chi connectivity index (χ1v) is 11.8. The highest BCUT2D eigenvalue weighted by molar-refractivity contribution is 5.98. The van der Waals surface area contributed by atoms with Crippen molar-refractivity contribution >= 4 is 17.7 Å². The van der Waals surface area contributed by atoms with Gasteiger partial charge in [0.15, 0.2) is 0 Å². The van der Waals surface area contributed by atoms with Gasteiger partial charge in [-0.2, -0.15) is 0 Å². The fraction of sp³-hybridized carbons (Fsp3) is 0.640. The predicted octanol–water partition coefficient (Wildman–Crippen LogP) is 3.39. The Bertz CT molecular complexity index is 778. The number of rotatable bonds is 6. The summed E-state index contributed by atoms with van der Waals surface area (Å²) in [5.74, 6) is 0.425. The lowest BCUT2D eigenvalue weighted by atomic mass is 9.87. The molecule has 2 saturated heterocycles. The minimum Gasteiger partial charge on any atom is -0.343 e. The van der Waals surface area contributed by atoms with Gasteiger partial charge in [0.25, 0.3) is 5.91 Å². The molecule has 2 aliphatic rings. The van der Waals surface area contributed by atoms with Gasteiger partial charge in [-0.15, -0.1) is 0 Å². The second-order valence-electron chi connectivity index (χ2n) is 9.47. The Labute approximate surface area is 186 Å². The Balaban J connectivity index is 1.72. The highest BCUT2D eigenvalue weighted by Crippen LogP contribution is 2.25. The smallest absolute Gasteiger partial charge is 0.252 e. The number of nitrogens with one attached hydrogen (secondary N) is 1. The number of carbonyl (C=O) groups is 3. The summed E-state index contributed by atoms with van der Waals surface area (Å²) in [5.41, 5.74) is 1.52. The van der Waals surface area contributed by atoms with Crippen LogP contribution in [0.1, 0.15) is 68.3 Å². The van der Waals surface area contributed by atoms with Crippen LogP contribution in [-0.4, -0.2) is 59.7 Å². The molecule has 0 unspecified atom stereocenters. The van der Waals surface area contributed by atoms with E-state index >= 15 is 0 Å². The molecule has 2 aliphatic heterocycles. The highest BCUT2D eigenvalue weighted by atomic mass is 16.2. The van der Waals surface area contributed by atoms with Crippen molar-refractivity contribution in [3.05, 3.63) is 35.4 Å². The van der Waals surface area contributed by atoms with Gasteiger partial charge in [-0.1, -0.05) is 32.0 Å². The van der Waals surface area contributed by atoms with E-state index in [4.69, 9.17) is 0 Å². The summed E-state index contributed by atoms with van der Waals surface area (Å²) < 4.78 is 0. The molecule has 170 valence electrons. The second-order valence-corrected chi connectivity index (χ2v) is 9.47. The van der Waals surface area contributed by atoms with Crippen molar-refractivity contribution in [1.82, 2.24) is 15.1 Å². The molecule has 0 aromatic heterocycles. The van der Waals surface area contributed by atoms with Crippen molar-refractivity contribution in [2.45, 2.75) is 65.3 Å². The number of benzene rings is 1. The van der Waals surface area contributed by atoms with Crippen LogP contribution in [0.4, 0.5) is 0 Å². The number of hydrogen-bond acceptors (Lipinski definition) is 3. The van der Waals surface area contributed by atoms with E-state index in [9.17, 15) is 14.4 Å². The molecule has 3 rings (SSSR count). The largest absolute Gasteiger partial charge is 0.343 e. The summed E-state index contributed by atoms with van der Waals surface area (Å²) in [5, 5.41) is 3.08. The van der Waals surface area contributed by atoms with E-state index in [1.54, 1.807) is 6.07 Å². The zero-order valence-electron chi connectivity index (χ0n) is 19.2. The van der Waals surface area contributed by atoms with E-state index in [2.05, 4.69) is 19.2 Å². The van der Waals surface area contributed by atoms with Gasteiger partial charge in [0.05, 0.1) is 0 Å². The van der Waals surface area contributed by atoms with Crippen LogP contribution in [0.3, 0.4) is 0 Å². The summed E-state index contributed by atoms with van der Waals surface area (Å²) in [6.45, 7) is 8.86. The maximum absolute atomic E-state index is 13.4. The van der Waals surface area contributed by atoms with Crippen LogP contribution in [0.5, 0.6) is 0 Å². The summed E-state index contributed by atoms with van der Waals surface area (Å²) in [6, 6.07) is 6.94. The van der Waals surface area contributed by atoms with Crippen molar-refractivity contribution in [2.24, 2.45) is 11.8 Å². The Morgan fingerprint density at radius 3 is 2.23 bits per heavy atom. The quantitative estimate of drug-likeness (QED) is 0.757. The molecule has 1 aromatic carbocycles. The maximum Gasteiger partial charge on any atom is 0.252 e. The molecule has 0 saturated carbocycles. The van der Waals surface area contributed by atoms with E-state index in [0.717, 1.165) is 50.8 Å². The Morgan fingerprint density at radius 2 is 1.61 bits per heavy atom. The average Bonchev–Trinajstić information content (AvgIpc) is 2.77. The maximum atomic E-state index is 13.4. The summed E-state index contributed by atoms with van der Waals surface area (Å²) in [6.07, 6.45) is 5.23. The van der Waals surface area contributed by atoms with E-state index in [-0.39, 0.29) is 23.6 Å². The predicted molar refractivity (Wildman–Crippen MR) is 122 cm³/mol. The first-order valence-electron chi connectivity index (χ1n) is 11.8. The van der Waals surface area contributed by atoms with Gasteiger partial charge >= 0.3 is 0 Å². The molecule has 1 aromatic rings. The third-order valence-corrected chi connectivity index (χ3v) is 6.56. The number of nitrogens with zero attached hydrogens (tertiary/aromatic N) is 2. The van der Waals surface area contributed by atoms with Gasteiger partial charge < -0.3 is 15.1 Å². The van der Waals surface area contributed by atoms with Crippen molar-refractivity contribution in [1.29, 1.82) is 0 Å². The normalized spacial score (nSPS) is 18.7. The lowest BCUT2D eigenvalue weighted by molar-refractivity contribution is -0.137. The zero-order valence-corrected chi connectivity index (χ0v) is 19.2. The molecule has 0 radical (unpaired) electrons. The summed E-state index contributed by atoms with van der Waals surface area (Å²) in [4.78, 5) is 42.8. The fourth-order valence-electron chi connectivity index (χ4n) is 4.70. The van der Waals surface area contributed by atoms with Crippen LogP contribution in [0.2, 0.25) is 0 Å². The minimum atomic E-state index is -0.535. The second kappa shape index (κ2) is 10.8. The molecule has 3 amide bonds. The first kappa shape index (κ1) is 23.3. The molecular formula is C25H37N3O3. The van der Waals surface area contributed by atoms with Crippen LogP contribution in [0.15, 0.2) is 24.3 Å². The summed E-state index contributed by atoms with van der Waals surface area (Å²) >= 11 is 0. The fourth-order valence-corrected chi connectivity index (χ4v) is 4.70. The van der Waals surface area contributed by atoms with E-state index < -0.39 is 6.04 Å². The molecule has 31 heavy (non-hydrogen) atoms. The molecule has 0 bridgehead atoms. The SMILES string of the molecule is Cc1ccccc1C(=O)N[C@H](C(=O)N1CCCCC1)C1CCN(C(=O)CC(C)C)CC1. The lowest BCUT2D eigenvalue weighted by Gasteiger charge is -2.38. The molecule has 1 N–H and O–H groups in total. The van der Waals surface area contributed by atoms with E-state index in [0.29, 0.717) is 31.0 Å². The van der Waals surface area contributed by atoms with Gasteiger partial charge in [0.1, 0.15) is 6.04 Å². The van der Waals surface area contributed by atoms with Crippen LogP contribution in [0, 0.1) is 18.8 Å². The molecular weight excluding hydrogens is 390 g/mol. The van der Waals surface area contributed by atoms with Crippen molar-refractivity contribution in [2.75, 3.05) is 26.2 Å². The zero-order chi connectivity index (χ0) is 22.4. The topological polar surface area (TPSA) is 69.7 Å². The molecule has 2 heterocycles. The van der Waals surface area contributed by atoms with Crippen molar-refractivity contribution in [3.8, 4) is 0 Å². The monoisotopic (exact) mass is 427 g/mol. The molecule has 0 aliphatic carbocycles. The van der Waals surface area contributed by atoms with Crippen LogP contribution in [-0.2, 0) is 9.59 Å². The molecule has 6 nitrogen and oxygen atoms in total. The number of piperidine rings is 2. The Hall–Kier alpha value is -2.37. The minimum absolute atomic E-state index is 0.0357. The van der Waals surface area contributed by atoms with Crippen molar-refractivity contribution in [3.63, 3.8) is 0 Å². The molecule has 0 spiro atoms. The number of hydrogen-bond donors (Lipinski definition) is 1. The number of likely N-dealkylation sites (tertiary alicyclic amines) is 2. The molecule has 1 atom stereocenters. The van der Waals surface area contributed by atoms with Gasteiger partial charge in [-0.3, -0.25) is 14.4 Å². The van der Waals surface area contributed by atoms with Gasteiger partial charge in [0.2, 0.25) is 11.8 Å². The summed E-state index contributed by atoms with van der Waals surface area (Å²) in [7, 11) is 0. The van der Waals surface area contributed by atoms with Gasteiger partial charge in [-0.05, 0) is 62.5 Å². The van der Waals surface area contributed by atoms with E-state index in [1.807, 2.05) is 34.9 Å². The number of carbonyl (C=O) groups excluding carboxylic acids is 3. The first-order chi connectivity index (χ1) is 14.9. The Kier molecular flexibility index (Phi) is 8.10.